The summed E-state index contributed by atoms with van der Waals surface area (Å²) in [5, 5.41) is 3.16. The van der Waals surface area contributed by atoms with Gasteiger partial charge in [-0.1, -0.05) is 18.9 Å². The summed E-state index contributed by atoms with van der Waals surface area (Å²) in [6.45, 7) is 1.28. The van der Waals surface area contributed by atoms with Crippen LogP contribution in [0.25, 0.3) is 0 Å². The maximum Gasteiger partial charge on any atom is 0.251 e. The van der Waals surface area contributed by atoms with Crippen molar-refractivity contribution >= 4 is 17.5 Å². The molecule has 0 saturated heterocycles. The molecule has 0 spiro atoms. The van der Waals surface area contributed by atoms with Crippen molar-refractivity contribution < 1.29 is 9.53 Å². The van der Waals surface area contributed by atoms with Crippen LogP contribution in [0.4, 0.5) is 0 Å². The summed E-state index contributed by atoms with van der Waals surface area (Å²) in [7, 11) is 0. The fourth-order valence-electron chi connectivity index (χ4n) is 3.15. The third kappa shape index (κ3) is 2.84. The zero-order valence-corrected chi connectivity index (χ0v) is 12.3. The van der Waals surface area contributed by atoms with Gasteiger partial charge in [0.05, 0.1) is 13.2 Å². The minimum atomic E-state index is 0.0155. The number of halogens is 1. The second-order valence-corrected chi connectivity index (χ2v) is 6.06. The molecule has 2 atom stereocenters. The van der Waals surface area contributed by atoms with Crippen LogP contribution in [-0.2, 0) is 18.0 Å². The molecular formula is C16H20ClNO2. The molecule has 2 unspecified atom stereocenters. The van der Waals surface area contributed by atoms with Crippen LogP contribution < -0.4 is 5.32 Å². The Balaban J connectivity index is 1.69. The molecule has 1 fully saturated rings. The Labute approximate surface area is 124 Å². The van der Waals surface area contributed by atoms with Crippen LogP contribution >= 0.6 is 11.6 Å². The van der Waals surface area contributed by atoms with Crippen LogP contribution in [-0.4, -0.2) is 17.8 Å². The molecule has 2 aliphatic rings. The quantitative estimate of drug-likeness (QED) is 0.869. The lowest BCUT2D eigenvalue weighted by Gasteiger charge is -2.30. The maximum absolute atomic E-state index is 12.4. The van der Waals surface area contributed by atoms with Gasteiger partial charge in [0.1, 0.15) is 0 Å². The Morgan fingerprint density at radius 2 is 2.05 bits per heavy atom. The number of fused-ring (bicyclic) bond motifs is 1. The molecule has 1 saturated carbocycles. The van der Waals surface area contributed by atoms with E-state index in [1.54, 1.807) is 0 Å². The van der Waals surface area contributed by atoms with Crippen LogP contribution in [0.3, 0.4) is 0 Å². The van der Waals surface area contributed by atoms with E-state index in [4.69, 9.17) is 16.3 Å². The number of nitrogens with one attached hydrogen (secondary N) is 1. The maximum atomic E-state index is 12.4. The predicted molar refractivity (Wildman–Crippen MR) is 78.9 cm³/mol. The van der Waals surface area contributed by atoms with Crippen molar-refractivity contribution in [2.24, 2.45) is 5.92 Å². The van der Waals surface area contributed by atoms with Gasteiger partial charge in [0.15, 0.2) is 0 Å². The van der Waals surface area contributed by atoms with Crippen LogP contribution in [0.1, 0.15) is 47.2 Å². The molecule has 0 aromatic heterocycles. The zero-order chi connectivity index (χ0) is 13.9. The molecule has 1 aliphatic carbocycles. The van der Waals surface area contributed by atoms with Crippen molar-refractivity contribution in [3.63, 3.8) is 0 Å². The Kier molecular flexibility index (Phi) is 4.27. The number of ether oxygens (including phenoxy) is 1. The Morgan fingerprint density at radius 1 is 1.25 bits per heavy atom. The largest absolute Gasteiger partial charge is 0.372 e. The lowest BCUT2D eigenvalue weighted by Crippen LogP contribution is -2.42. The lowest BCUT2D eigenvalue weighted by atomic mass is 9.85. The van der Waals surface area contributed by atoms with E-state index in [9.17, 15) is 4.79 Å². The highest BCUT2D eigenvalue weighted by molar-refractivity contribution is 6.18. The Bertz CT molecular complexity index is 503. The molecule has 4 heteroatoms. The summed E-state index contributed by atoms with van der Waals surface area (Å²) in [4.78, 5) is 12.4. The van der Waals surface area contributed by atoms with Gasteiger partial charge in [0.2, 0.25) is 0 Å². The SMILES string of the molecule is O=C(NC1CCCCC1CCl)c1ccc2c(c1)COC2. The summed E-state index contributed by atoms with van der Waals surface area (Å²) in [6.07, 6.45) is 4.56. The van der Waals surface area contributed by atoms with Gasteiger partial charge in [-0.2, -0.15) is 0 Å². The van der Waals surface area contributed by atoms with Gasteiger partial charge in [0.25, 0.3) is 5.91 Å². The van der Waals surface area contributed by atoms with Crippen LogP contribution in [0.5, 0.6) is 0 Å². The number of carbonyl (C=O) groups is 1. The van der Waals surface area contributed by atoms with Crippen LogP contribution in [0, 0.1) is 5.92 Å². The van der Waals surface area contributed by atoms with E-state index < -0.39 is 0 Å². The van der Waals surface area contributed by atoms with Gasteiger partial charge in [-0.05, 0) is 42.0 Å². The summed E-state index contributed by atoms with van der Waals surface area (Å²) in [5.74, 6) is 1.05. The number of benzene rings is 1. The molecule has 1 heterocycles. The highest BCUT2D eigenvalue weighted by Crippen LogP contribution is 2.26. The Hall–Kier alpha value is -1.06. The normalized spacial score (nSPS) is 25.2. The molecule has 1 aliphatic heterocycles. The molecule has 1 N–H and O–H groups in total. The number of alkyl halides is 1. The molecular weight excluding hydrogens is 274 g/mol. The minimum Gasteiger partial charge on any atom is -0.372 e. The first kappa shape index (κ1) is 13.9. The second-order valence-electron chi connectivity index (χ2n) is 5.76. The fourth-order valence-corrected chi connectivity index (χ4v) is 3.52. The standard InChI is InChI=1S/C16H20ClNO2/c17-8-12-3-1-2-4-15(12)18-16(19)11-5-6-13-9-20-10-14(13)7-11/h5-7,12,15H,1-4,8-10H2,(H,18,19). The lowest BCUT2D eigenvalue weighted by molar-refractivity contribution is 0.0911. The average Bonchev–Trinajstić information content (AvgIpc) is 2.95. The molecule has 3 rings (SSSR count). The second kappa shape index (κ2) is 6.15. The highest BCUT2D eigenvalue weighted by atomic mass is 35.5. The monoisotopic (exact) mass is 293 g/mol. The van der Waals surface area contributed by atoms with Crippen LogP contribution in [0.15, 0.2) is 18.2 Å². The molecule has 1 aromatic rings. The van der Waals surface area contributed by atoms with Crippen molar-refractivity contribution in [1.82, 2.24) is 5.32 Å². The predicted octanol–water partition coefficient (Wildman–Crippen LogP) is 3.24. The number of hydrogen-bond donors (Lipinski definition) is 1. The first-order chi connectivity index (χ1) is 9.78. The zero-order valence-electron chi connectivity index (χ0n) is 11.5. The van der Waals surface area contributed by atoms with Crippen LogP contribution in [0.2, 0.25) is 0 Å². The van der Waals surface area contributed by atoms with Gasteiger partial charge in [-0.15, -0.1) is 11.6 Å². The van der Waals surface area contributed by atoms with Gasteiger partial charge in [-0.3, -0.25) is 4.79 Å². The van der Waals surface area contributed by atoms with Crippen molar-refractivity contribution in [3.8, 4) is 0 Å². The van der Waals surface area contributed by atoms with Crippen molar-refractivity contribution in [2.75, 3.05) is 5.88 Å². The summed E-state index contributed by atoms with van der Waals surface area (Å²) < 4.78 is 5.38. The van der Waals surface area contributed by atoms with Crippen molar-refractivity contribution in [1.29, 1.82) is 0 Å². The molecule has 0 bridgehead atoms. The van der Waals surface area contributed by atoms with Crippen molar-refractivity contribution in [2.45, 2.75) is 44.9 Å². The van der Waals surface area contributed by atoms with E-state index in [-0.39, 0.29) is 11.9 Å². The summed E-state index contributed by atoms with van der Waals surface area (Å²) in [5.41, 5.74) is 3.06. The van der Waals surface area contributed by atoms with Gasteiger partial charge >= 0.3 is 0 Å². The molecule has 20 heavy (non-hydrogen) atoms. The number of amides is 1. The Morgan fingerprint density at radius 3 is 2.90 bits per heavy atom. The smallest absolute Gasteiger partial charge is 0.251 e. The van der Waals surface area contributed by atoms with Crippen molar-refractivity contribution in [3.05, 3.63) is 34.9 Å². The van der Waals surface area contributed by atoms with E-state index in [0.717, 1.165) is 24.0 Å². The third-order valence-electron chi connectivity index (χ3n) is 4.41. The molecule has 3 nitrogen and oxygen atoms in total. The first-order valence-electron chi connectivity index (χ1n) is 7.34. The topological polar surface area (TPSA) is 38.3 Å². The van der Waals surface area contributed by atoms with E-state index in [1.807, 2.05) is 18.2 Å². The number of carbonyl (C=O) groups excluding carboxylic acids is 1. The average molecular weight is 294 g/mol. The summed E-state index contributed by atoms with van der Waals surface area (Å²) >= 11 is 6.01. The molecule has 108 valence electrons. The molecule has 0 radical (unpaired) electrons. The van der Waals surface area contributed by atoms with E-state index >= 15 is 0 Å². The number of hydrogen-bond acceptors (Lipinski definition) is 2. The van der Waals surface area contributed by atoms with E-state index in [1.165, 1.54) is 18.4 Å². The van der Waals surface area contributed by atoms with Gasteiger partial charge in [0, 0.05) is 17.5 Å². The molecule has 1 amide bonds. The van der Waals surface area contributed by atoms with E-state index in [0.29, 0.717) is 25.0 Å². The highest BCUT2D eigenvalue weighted by Gasteiger charge is 2.26. The van der Waals surface area contributed by atoms with E-state index in [2.05, 4.69) is 5.32 Å². The minimum absolute atomic E-state index is 0.0155. The van der Waals surface area contributed by atoms with Gasteiger partial charge in [-0.25, -0.2) is 0 Å². The third-order valence-corrected chi connectivity index (χ3v) is 4.80. The fraction of sp³-hybridized carbons (Fsp3) is 0.562. The first-order valence-corrected chi connectivity index (χ1v) is 7.88. The molecule has 1 aromatic carbocycles. The summed E-state index contributed by atoms with van der Waals surface area (Å²) in [6, 6.07) is 6.06. The van der Waals surface area contributed by atoms with Gasteiger partial charge < -0.3 is 10.1 Å². The number of rotatable bonds is 3.